The van der Waals surface area contributed by atoms with Crippen LogP contribution in [0.4, 0.5) is 5.69 Å². The number of benzene rings is 1. The number of hydrogen-bond acceptors (Lipinski definition) is 4. The van der Waals surface area contributed by atoms with Crippen molar-refractivity contribution in [1.29, 1.82) is 0 Å². The van der Waals surface area contributed by atoms with E-state index < -0.39 is 5.41 Å². The van der Waals surface area contributed by atoms with Gasteiger partial charge in [0.25, 0.3) is 0 Å². The highest BCUT2D eigenvalue weighted by atomic mass is 16.5. The number of nitrogens with zero attached hydrogens (tertiary/aromatic N) is 1. The number of anilines is 1. The van der Waals surface area contributed by atoms with Gasteiger partial charge in [-0.15, -0.1) is 0 Å². The maximum absolute atomic E-state index is 13.1. The van der Waals surface area contributed by atoms with Gasteiger partial charge in [0.05, 0.1) is 18.7 Å². The van der Waals surface area contributed by atoms with E-state index in [1.807, 2.05) is 12.1 Å². The zero-order chi connectivity index (χ0) is 17.2. The van der Waals surface area contributed by atoms with E-state index >= 15 is 0 Å². The molecule has 0 spiro atoms. The number of ether oxygens (including phenoxy) is 1. The number of hydrogen-bond donors (Lipinski definition) is 2. The molecule has 5 nitrogen and oxygen atoms in total. The minimum Gasteiger partial charge on any atom is -0.494 e. The van der Waals surface area contributed by atoms with Gasteiger partial charge >= 0.3 is 0 Å². The number of carbonyl (C=O) groups is 1. The second-order valence-electron chi connectivity index (χ2n) is 6.46. The SMILES string of the molecule is COc1ccncc1NC(=O)C1(c2ccccc2C(C)C)CNC1. The monoisotopic (exact) mass is 325 g/mol. The quantitative estimate of drug-likeness (QED) is 0.887. The molecule has 1 saturated heterocycles. The summed E-state index contributed by atoms with van der Waals surface area (Å²) in [5.74, 6) is 0.943. The van der Waals surface area contributed by atoms with E-state index in [4.69, 9.17) is 4.74 Å². The summed E-state index contributed by atoms with van der Waals surface area (Å²) in [5.41, 5.74) is 2.35. The molecular weight excluding hydrogens is 302 g/mol. The van der Waals surface area contributed by atoms with Gasteiger partial charge in [0.2, 0.25) is 5.91 Å². The van der Waals surface area contributed by atoms with Crippen LogP contribution in [-0.4, -0.2) is 31.1 Å². The van der Waals surface area contributed by atoms with Crippen LogP contribution in [0.5, 0.6) is 5.75 Å². The fraction of sp³-hybridized carbons (Fsp3) is 0.368. The predicted octanol–water partition coefficient (Wildman–Crippen LogP) is 2.69. The lowest BCUT2D eigenvalue weighted by Gasteiger charge is -2.43. The Morgan fingerprint density at radius 1 is 1.29 bits per heavy atom. The molecular formula is C19H23N3O2. The number of aromatic nitrogens is 1. The molecule has 1 aliphatic heterocycles. The lowest BCUT2D eigenvalue weighted by Crippen LogP contribution is -2.63. The summed E-state index contributed by atoms with van der Waals surface area (Å²) in [4.78, 5) is 17.2. The Hall–Kier alpha value is -2.40. The number of nitrogens with one attached hydrogen (secondary N) is 2. The van der Waals surface area contributed by atoms with Gasteiger partial charge in [0.15, 0.2) is 0 Å². The summed E-state index contributed by atoms with van der Waals surface area (Å²) < 4.78 is 5.31. The number of amides is 1. The zero-order valence-corrected chi connectivity index (χ0v) is 14.3. The van der Waals surface area contributed by atoms with Gasteiger partial charge in [0.1, 0.15) is 11.4 Å². The van der Waals surface area contributed by atoms with Crippen LogP contribution in [0.25, 0.3) is 0 Å². The first-order valence-corrected chi connectivity index (χ1v) is 8.18. The van der Waals surface area contributed by atoms with Gasteiger partial charge in [-0.3, -0.25) is 9.78 Å². The van der Waals surface area contributed by atoms with E-state index in [-0.39, 0.29) is 5.91 Å². The largest absolute Gasteiger partial charge is 0.494 e. The number of pyridine rings is 1. The molecule has 0 bridgehead atoms. The third-order valence-electron chi connectivity index (χ3n) is 4.64. The van der Waals surface area contributed by atoms with Crippen molar-refractivity contribution >= 4 is 11.6 Å². The second kappa shape index (κ2) is 6.61. The molecule has 5 heteroatoms. The van der Waals surface area contributed by atoms with Crippen molar-refractivity contribution in [3.63, 3.8) is 0 Å². The van der Waals surface area contributed by atoms with Crippen molar-refractivity contribution < 1.29 is 9.53 Å². The molecule has 0 radical (unpaired) electrons. The highest BCUT2D eigenvalue weighted by molar-refractivity contribution is 6.01. The Bertz CT molecular complexity index is 739. The van der Waals surface area contributed by atoms with E-state index in [2.05, 4.69) is 41.6 Å². The molecule has 2 aromatic rings. The summed E-state index contributed by atoms with van der Waals surface area (Å²) in [6.45, 7) is 5.57. The molecule has 1 fully saturated rings. The number of methoxy groups -OCH3 is 1. The van der Waals surface area contributed by atoms with Crippen molar-refractivity contribution in [3.05, 3.63) is 53.9 Å². The van der Waals surface area contributed by atoms with Gasteiger partial charge in [-0.05, 0) is 17.0 Å². The van der Waals surface area contributed by atoms with Crippen molar-refractivity contribution in [3.8, 4) is 5.75 Å². The van der Waals surface area contributed by atoms with Crippen molar-refractivity contribution in [2.45, 2.75) is 25.2 Å². The zero-order valence-electron chi connectivity index (χ0n) is 14.3. The topological polar surface area (TPSA) is 63.2 Å². The summed E-state index contributed by atoms with van der Waals surface area (Å²) in [7, 11) is 1.58. The van der Waals surface area contributed by atoms with Crippen LogP contribution in [0.1, 0.15) is 30.9 Å². The molecule has 2 heterocycles. The third kappa shape index (κ3) is 2.76. The first-order chi connectivity index (χ1) is 11.6. The number of rotatable bonds is 5. The molecule has 3 rings (SSSR count). The molecule has 1 aliphatic rings. The lowest BCUT2D eigenvalue weighted by molar-refractivity contribution is -0.123. The van der Waals surface area contributed by atoms with Crippen LogP contribution in [-0.2, 0) is 10.2 Å². The summed E-state index contributed by atoms with van der Waals surface area (Å²) >= 11 is 0. The van der Waals surface area contributed by atoms with Crippen molar-refractivity contribution in [1.82, 2.24) is 10.3 Å². The van der Waals surface area contributed by atoms with Crippen LogP contribution in [0.2, 0.25) is 0 Å². The fourth-order valence-corrected chi connectivity index (χ4v) is 3.18. The molecule has 0 atom stereocenters. The maximum atomic E-state index is 13.1. The van der Waals surface area contributed by atoms with Crippen LogP contribution in [0.15, 0.2) is 42.7 Å². The molecule has 0 aliphatic carbocycles. The van der Waals surface area contributed by atoms with E-state index in [0.29, 0.717) is 30.4 Å². The van der Waals surface area contributed by atoms with E-state index in [0.717, 1.165) is 5.56 Å². The third-order valence-corrected chi connectivity index (χ3v) is 4.64. The first-order valence-electron chi connectivity index (χ1n) is 8.18. The molecule has 24 heavy (non-hydrogen) atoms. The summed E-state index contributed by atoms with van der Waals surface area (Å²) in [6.07, 6.45) is 3.26. The maximum Gasteiger partial charge on any atom is 0.237 e. The first kappa shape index (κ1) is 16.5. The van der Waals surface area contributed by atoms with Gasteiger partial charge in [-0.2, -0.15) is 0 Å². The van der Waals surface area contributed by atoms with Crippen LogP contribution < -0.4 is 15.4 Å². The molecule has 0 saturated carbocycles. The molecule has 2 N–H and O–H groups in total. The van der Waals surface area contributed by atoms with Gasteiger partial charge < -0.3 is 15.4 Å². The normalized spacial score (nSPS) is 15.7. The van der Waals surface area contributed by atoms with E-state index in [1.54, 1.807) is 25.6 Å². The fourth-order valence-electron chi connectivity index (χ4n) is 3.18. The van der Waals surface area contributed by atoms with Gasteiger partial charge in [-0.1, -0.05) is 38.1 Å². The molecule has 1 aromatic heterocycles. The van der Waals surface area contributed by atoms with E-state index in [1.165, 1.54) is 5.56 Å². The number of carbonyl (C=O) groups excluding carboxylic acids is 1. The van der Waals surface area contributed by atoms with Crippen LogP contribution in [0.3, 0.4) is 0 Å². The van der Waals surface area contributed by atoms with Gasteiger partial charge in [0, 0.05) is 25.4 Å². The molecule has 1 aromatic carbocycles. The lowest BCUT2D eigenvalue weighted by atomic mass is 9.71. The molecule has 0 unspecified atom stereocenters. The highest BCUT2D eigenvalue weighted by Gasteiger charge is 2.47. The standard InChI is InChI=1S/C19H23N3O2/c1-13(2)14-6-4-5-7-15(14)19(11-21-12-19)18(23)22-16-10-20-9-8-17(16)24-3/h4-10,13,21H,11-12H2,1-3H3,(H,22,23). The van der Waals surface area contributed by atoms with Crippen molar-refractivity contribution in [2.24, 2.45) is 0 Å². The average molecular weight is 325 g/mol. The van der Waals surface area contributed by atoms with Crippen LogP contribution in [0, 0.1) is 0 Å². The highest BCUT2D eigenvalue weighted by Crippen LogP contribution is 2.36. The van der Waals surface area contributed by atoms with Crippen LogP contribution >= 0.6 is 0 Å². The molecule has 126 valence electrons. The van der Waals surface area contributed by atoms with Crippen molar-refractivity contribution in [2.75, 3.05) is 25.5 Å². The Balaban J connectivity index is 1.95. The minimum atomic E-state index is -0.554. The smallest absolute Gasteiger partial charge is 0.237 e. The summed E-state index contributed by atoms with van der Waals surface area (Å²) in [6, 6.07) is 9.94. The Labute approximate surface area is 142 Å². The second-order valence-corrected chi connectivity index (χ2v) is 6.46. The molecule has 1 amide bonds. The Kier molecular flexibility index (Phi) is 4.53. The minimum absolute atomic E-state index is 0.0272. The average Bonchev–Trinajstić information content (AvgIpc) is 2.54. The Morgan fingerprint density at radius 2 is 2.04 bits per heavy atom. The van der Waals surface area contributed by atoms with E-state index in [9.17, 15) is 4.79 Å². The predicted molar refractivity (Wildman–Crippen MR) is 94.5 cm³/mol. The Morgan fingerprint density at radius 3 is 2.67 bits per heavy atom. The van der Waals surface area contributed by atoms with Gasteiger partial charge in [-0.25, -0.2) is 0 Å². The summed E-state index contributed by atoms with van der Waals surface area (Å²) in [5, 5.41) is 6.26.